The van der Waals surface area contributed by atoms with Gasteiger partial charge in [0.2, 0.25) is 5.88 Å². The first-order valence-electron chi connectivity index (χ1n) is 10.8. The molecule has 4 N–H and O–H groups in total. The Hall–Kier alpha value is -3.51. The molecule has 0 bridgehead atoms. The average molecular weight is 476 g/mol. The van der Waals surface area contributed by atoms with Crippen LogP contribution in [0.1, 0.15) is 18.9 Å². The van der Waals surface area contributed by atoms with Crippen molar-refractivity contribution >= 4 is 12.0 Å². The molecule has 4 rings (SSSR count). The van der Waals surface area contributed by atoms with Crippen molar-refractivity contribution in [2.24, 2.45) is 5.73 Å². The van der Waals surface area contributed by atoms with E-state index in [4.69, 9.17) is 25.4 Å². The molecule has 0 aliphatic carbocycles. The van der Waals surface area contributed by atoms with Crippen LogP contribution >= 0.6 is 0 Å². The number of halogens is 2. The van der Waals surface area contributed by atoms with Gasteiger partial charge in [-0.25, -0.2) is 13.6 Å². The molecule has 2 aliphatic rings. The predicted octanol–water partition coefficient (Wildman–Crippen LogP) is 1.48. The molecule has 1 aromatic heterocycles. The standard InChI is InChI=1S/C22H26F2N6O4/c1-2-3-27-10-15(9-25)34-20-16(23)6-14(7-17(20)24)11-33-18-8-19-29(21(31)28-18)12-22(26)13-32-5-4-30(19)22/h6-10,25,27H,2-5,11-13,26H2,1H3/b15-10+,25-9?. The summed E-state index contributed by atoms with van der Waals surface area (Å²) in [7, 11) is 0. The number of rotatable bonds is 9. The Morgan fingerprint density at radius 2 is 2.15 bits per heavy atom. The number of aromatic nitrogens is 2. The highest BCUT2D eigenvalue weighted by Crippen LogP contribution is 2.33. The predicted molar refractivity (Wildman–Crippen MR) is 120 cm³/mol. The van der Waals surface area contributed by atoms with Crippen molar-refractivity contribution < 1.29 is 23.0 Å². The second-order valence-electron chi connectivity index (χ2n) is 8.05. The van der Waals surface area contributed by atoms with Gasteiger partial charge in [-0.1, -0.05) is 6.92 Å². The van der Waals surface area contributed by atoms with Gasteiger partial charge >= 0.3 is 5.69 Å². The van der Waals surface area contributed by atoms with Crippen LogP contribution in [-0.2, 0) is 17.9 Å². The first kappa shape index (κ1) is 23.6. The highest BCUT2D eigenvalue weighted by molar-refractivity contribution is 5.73. The highest BCUT2D eigenvalue weighted by atomic mass is 19.1. The van der Waals surface area contributed by atoms with E-state index in [0.29, 0.717) is 25.5 Å². The molecule has 1 unspecified atom stereocenters. The lowest BCUT2D eigenvalue weighted by Gasteiger charge is -2.39. The summed E-state index contributed by atoms with van der Waals surface area (Å²) in [4.78, 5) is 18.3. The van der Waals surface area contributed by atoms with Crippen LogP contribution in [0.3, 0.4) is 0 Å². The van der Waals surface area contributed by atoms with Crippen molar-refractivity contribution in [3.63, 3.8) is 0 Å². The number of nitrogens with two attached hydrogens (primary N) is 1. The van der Waals surface area contributed by atoms with Crippen molar-refractivity contribution in [3.05, 3.63) is 57.8 Å². The Morgan fingerprint density at radius 1 is 1.38 bits per heavy atom. The van der Waals surface area contributed by atoms with Crippen molar-refractivity contribution in [2.75, 3.05) is 31.2 Å². The van der Waals surface area contributed by atoms with E-state index >= 15 is 0 Å². The summed E-state index contributed by atoms with van der Waals surface area (Å²) in [5.74, 6) is -2.00. The number of fused-ring (bicyclic) bond motifs is 3. The monoisotopic (exact) mass is 476 g/mol. The average Bonchev–Trinajstić information content (AvgIpc) is 3.12. The Bertz CT molecular complexity index is 1150. The van der Waals surface area contributed by atoms with Crippen LogP contribution in [0.4, 0.5) is 14.6 Å². The van der Waals surface area contributed by atoms with Gasteiger partial charge in [0, 0.05) is 25.4 Å². The summed E-state index contributed by atoms with van der Waals surface area (Å²) in [6.45, 7) is 3.86. The zero-order valence-electron chi connectivity index (χ0n) is 18.6. The molecule has 2 aliphatic heterocycles. The van der Waals surface area contributed by atoms with Crippen molar-refractivity contribution in [1.82, 2.24) is 14.9 Å². The van der Waals surface area contributed by atoms with Gasteiger partial charge in [-0.3, -0.25) is 4.57 Å². The van der Waals surface area contributed by atoms with Crippen LogP contribution in [0.5, 0.6) is 11.6 Å². The quantitative estimate of drug-likeness (QED) is 0.282. The van der Waals surface area contributed by atoms with Crippen LogP contribution in [0.25, 0.3) is 0 Å². The van der Waals surface area contributed by atoms with E-state index in [-0.39, 0.29) is 37.0 Å². The number of benzene rings is 1. The lowest BCUT2D eigenvalue weighted by molar-refractivity contribution is 0.0534. The summed E-state index contributed by atoms with van der Waals surface area (Å²) < 4.78 is 46.8. The van der Waals surface area contributed by atoms with E-state index in [0.717, 1.165) is 24.8 Å². The van der Waals surface area contributed by atoms with Gasteiger partial charge in [-0.05, 0) is 24.1 Å². The largest absolute Gasteiger partial charge is 0.473 e. The fourth-order valence-electron chi connectivity index (χ4n) is 3.86. The minimum absolute atomic E-state index is 0.0177. The summed E-state index contributed by atoms with van der Waals surface area (Å²) in [5.41, 5.74) is 5.19. The molecule has 182 valence electrons. The summed E-state index contributed by atoms with van der Waals surface area (Å²) >= 11 is 0. The third-order valence-corrected chi connectivity index (χ3v) is 5.47. The Kier molecular flexibility index (Phi) is 6.80. The molecule has 1 saturated heterocycles. The molecule has 10 nitrogen and oxygen atoms in total. The smallest absolute Gasteiger partial charge is 0.352 e. The molecule has 3 heterocycles. The van der Waals surface area contributed by atoms with Crippen molar-refractivity contribution in [2.45, 2.75) is 32.2 Å². The molecule has 1 aromatic carbocycles. The van der Waals surface area contributed by atoms with Gasteiger partial charge in [0.05, 0.1) is 26.0 Å². The number of ether oxygens (including phenoxy) is 3. The summed E-state index contributed by atoms with van der Waals surface area (Å²) in [6, 6.07) is 3.70. The third-order valence-electron chi connectivity index (χ3n) is 5.47. The SMILES string of the molecule is CCCN/C=C(\C=N)Oc1c(F)cc(COc2cc3n(c(=O)n2)CC2(N)COCCN32)cc1F. The van der Waals surface area contributed by atoms with Crippen molar-refractivity contribution in [1.29, 1.82) is 5.41 Å². The summed E-state index contributed by atoms with van der Waals surface area (Å²) in [5, 5.41) is 10.2. The maximum absolute atomic E-state index is 14.5. The van der Waals surface area contributed by atoms with Gasteiger partial charge in [-0.15, -0.1) is 0 Å². The lowest BCUT2D eigenvalue weighted by Crippen LogP contribution is -2.62. The summed E-state index contributed by atoms with van der Waals surface area (Å²) in [6.07, 6.45) is 3.06. The number of hydrogen-bond donors (Lipinski definition) is 3. The second kappa shape index (κ2) is 9.77. The number of anilines is 1. The Labute approximate surface area is 194 Å². The van der Waals surface area contributed by atoms with E-state index in [2.05, 4.69) is 10.3 Å². The third kappa shape index (κ3) is 4.73. The molecule has 12 heteroatoms. The Balaban J connectivity index is 1.48. The molecule has 0 amide bonds. The highest BCUT2D eigenvalue weighted by Gasteiger charge is 2.44. The molecule has 1 fully saturated rings. The van der Waals surface area contributed by atoms with E-state index in [1.807, 2.05) is 11.8 Å². The number of nitrogens with zero attached hydrogens (tertiary/aromatic N) is 3. The minimum Gasteiger partial charge on any atom is -0.473 e. The second-order valence-corrected chi connectivity index (χ2v) is 8.05. The fourth-order valence-corrected chi connectivity index (χ4v) is 3.86. The topological polar surface area (TPSA) is 128 Å². The Morgan fingerprint density at radius 3 is 2.85 bits per heavy atom. The van der Waals surface area contributed by atoms with Crippen LogP contribution in [0, 0.1) is 17.0 Å². The number of hydrogen-bond acceptors (Lipinski definition) is 9. The van der Waals surface area contributed by atoms with Gasteiger partial charge in [-0.2, -0.15) is 4.98 Å². The van der Waals surface area contributed by atoms with Crippen LogP contribution in [-0.4, -0.2) is 47.7 Å². The molecular formula is C22H26F2N6O4. The fraction of sp³-hybridized carbons (Fsp3) is 0.409. The zero-order chi connectivity index (χ0) is 24.3. The normalized spacial score (nSPS) is 19.4. The van der Waals surface area contributed by atoms with Gasteiger partial charge in [0.15, 0.2) is 23.1 Å². The molecular weight excluding hydrogens is 450 g/mol. The van der Waals surface area contributed by atoms with Gasteiger partial charge < -0.3 is 35.6 Å². The van der Waals surface area contributed by atoms with Crippen LogP contribution in [0.15, 0.2) is 35.0 Å². The molecule has 1 atom stereocenters. The molecule has 0 spiro atoms. The van der Waals surface area contributed by atoms with E-state index < -0.39 is 28.7 Å². The first-order valence-corrected chi connectivity index (χ1v) is 10.8. The van der Waals surface area contributed by atoms with E-state index in [9.17, 15) is 13.6 Å². The maximum atomic E-state index is 14.5. The molecule has 34 heavy (non-hydrogen) atoms. The molecule has 0 saturated carbocycles. The van der Waals surface area contributed by atoms with E-state index in [1.54, 1.807) is 6.07 Å². The first-order chi connectivity index (χ1) is 16.3. The van der Waals surface area contributed by atoms with Crippen LogP contribution < -0.4 is 31.1 Å². The van der Waals surface area contributed by atoms with Crippen LogP contribution in [0.2, 0.25) is 0 Å². The number of allylic oxidation sites excluding steroid dienone is 1. The van der Waals surface area contributed by atoms with Gasteiger partial charge in [0.25, 0.3) is 0 Å². The molecule has 0 radical (unpaired) electrons. The number of morpholine rings is 1. The van der Waals surface area contributed by atoms with E-state index in [1.165, 1.54) is 10.8 Å². The van der Waals surface area contributed by atoms with Gasteiger partial charge in [0.1, 0.15) is 18.1 Å². The molecule has 2 aromatic rings. The zero-order valence-corrected chi connectivity index (χ0v) is 18.6. The maximum Gasteiger partial charge on any atom is 0.352 e. The van der Waals surface area contributed by atoms with Crippen molar-refractivity contribution in [3.8, 4) is 11.6 Å². The number of nitrogens with one attached hydrogen (secondary N) is 2. The minimum atomic E-state index is -0.954. The lowest BCUT2D eigenvalue weighted by atomic mass is 10.1.